The van der Waals surface area contributed by atoms with Gasteiger partial charge in [0.15, 0.2) is 0 Å². The van der Waals surface area contributed by atoms with Crippen LogP contribution < -0.4 is 0 Å². The second-order valence-electron chi connectivity index (χ2n) is 3.12. The number of rotatable bonds is 3. The van der Waals surface area contributed by atoms with E-state index >= 15 is 0 Å². The summed E-state index contributed by atoms with van der Waals surface area (Å²) in [7, 11) is 0. The largest absolute Gasteiger partial charge is 0.245 e. The standard InChI is InChI=1S/C6H14.C5H6N2/c1-3-5-6-4-2;1-5-2-6-4-7-3-5/h3-6H2,1-2H3;2-4H,1H3. The van der Waals surface area contributed by atoms with Gasteiger partial charge in [-0.15, -0.1) is 0 Å². The van der Waals surface area contributed by atoms with Crippen LogP contribution in [0.2, 0.25) is 0 Å². The first kappa shape index (κ1) is 12.1. The van der Waals surface area contributed by atoms with Crippen molar-refractivity contribution in [1.82, 2.24) is 9.97 Å². The Labute approximate surface area is 81.4 Å². The Morgan fingerprint density at radius 3 is 1.69 bits per heavy atom. The maximum Gasteiger partial charge on any atom is 0.115 e. The van der Waals surface area contributed by atoms with Crippen molar-refractivity contribution in [2.45, 2.75) is 46.5 Å². The highest BCUT2D eigenvalue weighted by atomic mass is 14.8. The van der Waals surface area contributed by atoms with Crippen LogP contribution in [0.1, 0.15) is 45.1 Å². The molecule has 0 amide bonds. The van der Waals surface area contributed by atoms with Crippen molar-refractivity contribution in [1.29, 1.82) is 0 Å². The maximum atomic E-state index is 3.77. The van der Waals surface area contributed by atoms with Gasteiger partial charge in [0.25, 0.3) is 0 Å². The summed E-state index contributed by atoms with van der Waals surface area (Å²) in [6.07, 6.45) is 10.6. The Morgan fingerprint density at radius 1 is 1.00 bits per heavy atom. The summed E-state index contributed by atoms with van der Waals surface area (Å²) in [6.45, 7) is 6.42. The van der Waals surface area contributed by atoms with Gasteiger partial charge in [0, 0.05) is 12.4 Å². The quantitative estimate of drug-likeness (QED) is 0.666. The summed E-state index contributed by atoms with van der Waals surface area (Å²) in [5.74, 6) is 0. The molecule has 0 spiro atoms. The first-order valence-corrected chi connectivity index (χ1v) is 5.02. The van der Waals surface area contributed by atoms with Crippen molar-refractivity contribution in [3.05, 3.63) is 24.3 Å². The van der Waals surface area contributed by atoms with Crippen molar-refractivity contribution >= 4 is 0 Å². The Morgan fingerprint density at radius 2 is 1.46 bits per heavy atom. The molecule has 13 heavy (non-hydrogen) atoms. The molecule has 1 heterocycles. The molecule has 1 rings (SSSR count). The molecule has 0 aliphatic heterocycles. The highest BCUT2D eigenvalue weighted by Gasteiger charge is 1.75. The highest BCUT2D eigenvalue weighted by Crippen LogP contribution is 1.95. The molecule has 0 saturated heterocycles. The molecule has 0 aliphatic carbocycles. The van der Waals surface area contributed by atoms with Gasteiger partial charge in [-0.2, -0.15) is 0 Å². The summed E-state index contributed by atoms with van der Waals surface area (Å²) in [5.41, 5.74) is 1.10. The van der Waals surface area contributed by atoms with Crippen molar-refractivity contribution in [3.8, 4) is 0 Å². The van der Waals surface area contributed by atoms with Crippen LogP contribution in [0.4, 0.5) is 0 Å². The Balaban J connectivity index is 0.000000226. The van der Waals surface area contributed by atoms with Gasteiger partial charge < -0.3 is 0 Å². The fourth-order valence-corrected chi connectivity index (χ4v) is 0.874. The first-order chi connectivity index (χ1) is 6.31. The van der Waals surface area contributed by atoms with E-state index in [0.717, 1.165) is 5.56 Å². The molecule has 2 heteroatoms. The van der Waals surface area contributed by atoms with Crippen molar-refractivity contribution in [2.24, 2.45) is 0 Å². The average Bonchev–Trinajstić information content (AvgIpc) is 2.17. The van der Waals surface area contributed by atoms with Crippen LogP contribution in [0, 0.1) is 6.92 Å². The summed E-state index contributed by atoms with van der Waals surface area (Å²) in [5, 5.41) is 0. The third-order valence-corrected chi connectivity index (χ3v) is 1.65. The van der Waals surface area contributed by atoms with Gasteiger partial charge in [-0.05, 0) is 12.5 Å². The number of unbranched alkanes of at least 4 members (excludes halogenated alkanes) is 3. The second-order valence-corrected chi connectivity index (χ2v) is 3.12. The minimum Gasteiger partial charge on any atom is -0.245 e. The highest BCUT2D eigenvalue weighted by molar-refractivity contribution is 4.96. The van der Waals surface area contributed by atoms with Gasteiger partial charge in [0.05, 0.1) is 0 Å². The van der Waals surface area contributed by atoms with Crippen LogP contribution in [0.5, 0.6) is 0 Å². The lowest BCUT2D eigenvalue weighted by Gasteiger charge is -1.86. The van der Waals surface area contributed by atoms with Gasteiger partial charge in [-0.25, -0.2) is 9.97 Å². The third kappa shape index (κ3) is 8.99. The van der Waals surface area contributed by atoms with E-state index in [4.69, 9.17) is 0 Å². The van der Waals surface area contributed by atoms with E-state index < -0.39 is 0 Å². The number of hydrogen-bond donors (Lipinski definition) is 0. The summed E-state index contributed by atoms with van der Waals surface area (Å²) >= 11 is 0. The molecule has 0 N–H and O–H groups in total. The van der Waals surface area contributed by atoms with Gasteiger partial charge in [-0.1, -0.05) is 39.5 Å². The Bertz CT molecular complexity index is 181. The van der Waals surface area contributed by atoms with E-state index in [2.05, 4.69) is 23.8 Å². The Hall–Kier alpha value is -0.920. The smallest absolute Gasteiger partial charge is 0.115 e. The molecule has 2 nitrogen and oxygen atoms in total. The van der Waals surface area contributed by atoms with Gasteiger partial charge in [0.1, 0.15) is 6.33 Å². The topological polar surface area (TPSA) is 25.8 Å². The lowest BCUT2D eigenvalue weighted by Crippen LogP contribution is -1.75. The molecule has 74 valence electrons. The van der Waals surface area contributed by atoms with E-state index in [9.17, 15) is 0 Å². The minimum absolute atomic E-state index is 1.10. The molecule has 1 aromatic heterocycles. The van der Waals surface area contributed by atoms with E-state index in [1.54, 1.807) is 12.4 Å². The number of hydrogen-bond acceptors (Lipinski definition) is 2. The van der Waals surface area contributed by atoms with E-state index in [1.807, 2.05) is 6.92 Å². The lowest BCUT2D eigenvalue weighted by atomic mass is 10.2. The van der Waals surface area contributed by atoms with Crippen LogP contribution in [-0.2, 0) is 0 Å². The molecule has 0 unspecified atom stereocenters. The van der Waals surface area contributed by atoms with E-state index in [0.29, 0.717) is 0 Å². The molecular weight excluding hydrogens is 160 g/mol. The molecular formula is C11H20N2. The van der Waals surface area contributed by atoms with Crippen LogP contribution >= 0.6 is 0 Å². The molecule has 0 aliphatic rings. The SMILES string of the molecule is CCCCCC.Cc1cncnc1. The zero-order valence-corrected chi connectivity index (χ0v) is 8.95. The van der Waals surface area contributed by atoms with Crippen molar-refractivity contribution in [2.75, 3.05) is 0 Å². The van der Waals surface area contributed by atoms with Crippen LogP contribution in [-0.4, -0.2) is 9.97 Å². The lowest BCUT2D eigenvalue weighted by molar-refractivity contribution is 0.702. The molecule has 0 radical (unpaired) electrons. The Kier molecular flexibility index (Phi) is 8.52. The number of aromatic nitrogens is 2. The summed E-state index contributed by atoms with van der Waals surface area (Å²) < 4.78 is 0. The third-order valence-electron chi connectivity index (χ3n) is 1.65. The van der Waals surface area contributed by atoms with Gasteiger partial charge in [-0.3, -0.25) is 0 Å². The molecule has 0 aromatic carbocycles. The number of nitrogens with zero attached hydrogens (tertiary/aromatic N) is 2. The van der Waals surface area contributed by atoms with Crippen molar-refractivity contribution in [3.63, 3.8) is 0 Å². The van der Waals surface area contributed by atoms with Crippen LogP contribution in [0.25, 0.3) is 0 Å². The minimum atomic E-state index is 1.10. The fraction of sp³-hybridized carbons (Fsp3) is 0.636. The zero-order chi connectivity index (χ0) is 9.94. The van der Waals surface area contributed by atoms with Crippen molar-refractivity contribution < 1.29 is 0 Å². The van der Waals surface area contributed by atoms with Gasteiger partial charge in [0.2, 0.25) is 0 Å². The predicted molar refractivity (Wildman–Crippen MR) is 56.6 cm³/mol. The van der Waals surface area contributed by atoms with Crippen LogP contribution in [0.3, 0.4) is 0 Å². The summed E-state index contributed by atoms with van der Waals surface area (Å²) in [4.78, 5) is 7.55. The monoisotopic (exact) mass is 180 g/mol. The van der Waals surface area contributed by atoms with Gasteiger partial charge >= 0.3 is 0 Å². The van der Waals surface area contributed by atoms with E-state index in [1.165, 1.54) is 32.0 Å². The molecule has 0 saturated carbocycles. The van der Waals surface area contributed by atoms with Crippen LogP contribution in [0.15, 0.2) is 18.7 Å². The second kappa shape index (κ2) is 9.17. The molecule has 0 bridgehead atoms. The van der Waals surface area contributed by atoms with E-state index in [-0.39, 0.29) is 0 Å². The average molecular weight is 180 g/mol. The number of aryl methyl sites for hydroxylation is 1. The molecule has 0 atom stereocenters. The fourth-order valence-electron chi connectivity index (χ4n) is 0.874. The molecule has 0 fully saturated rings. The predicted octanol–water partition coefficient (Wildman–Crippen LogP) is 3.37. The summed E-state index contributed by atoms with van der Waals surface area (Å²) in [6, 6.07) is 0. The first-order valence-electron chi connectivity index (χ1n) is 5.02. The normalized spacial score (nSPS) is 8.85. The maximum absolute atomic E-state index is 3.77. The zero-order valence-electron chi connectivity index (χ0n) is 8.95. The molecule has 1 aromatic rings.